The molecule has 0 aliphatic carbocycles. The van der Waals surface area contributed by atoms with Crippen molar-refractivity contribution in [2.24, 2.45) is 0 Å². The summed E-state index contributed by atoms with van der Waals surface area (Å²) in [7, 11) is 0. The van der Waals surface area contributed by atoms with Crippen molar-refractivity contribution in [2.75, 3.05) is 5.75 Å². The van der Waals surface area contributed by atoms with Crippen molar-refractivity contribution >= 4 is 11.9 Å². The van der Waals surface area contributed by atoms with Crippen molar-refractivity contribution < 1.29 is 4.39 Å². The van der Waals surface area contributed by atoms with E-state index in [2.05, 4.69) is 47.5 Å². The molecule has 1 aliphatic heterocycles. The summed E-state index contributed by atoms with van der Waals surface area (Å²) < 4.78 is 19.6. The Morgan fingerprint density at radius 2 is 1.96 bits per heavy atom. The Balaban J connectivity index is 1.63. The van der Waals surface area contributed by atoms with E-state index in [1.54, 1.807) is 24.1 Å². The first-order valence-corrected chi connectivity index (χ1v) is 10.9. The van der Waals surface area contributed by atoms with Crippen LogP contribution in [0.15, 0.2) is 54.7 Å². The number of hydrogen-bond donors (Lipinski definition) is 1. The molecule has 0 saturated carbocycles. The molecule has 0 fully saturated rings. The number of benzene rings is 2. The zero-order chi connectivity index (χ0) is 19.5. The van der Waals surface area contributed by atoms with Gasteiger partial charge in [0.2, 0.25) is 0 Å². The van der Waals surface area contributed by atoms with Crippen LogP contribution < -0.4 is 4.72 Å². The minimum atomic E-state index is -0.200. The average Bonchev–Trinajstić information content (AvgIpc) is 3.08. The highest BCUT2D eigenvalue weighted by molar-refractivity contribution is 7.97. The van der Waals surface area contributed by atoms with E-state index >= 15 is 0 Å². The lowest BCUT2D eigenvalue weighted by Gasteiger charge is -2.32. The van der Waals surface area contributed by atoms with Crippen LogP contribution in [0.1, 0.15) is 36.3 Å². The third-order valence-corrected chi connectivity index (χ3v) is 6.10. The maximum atomic E-state index is 13.6. The second kappa shape index (κ2) is 8.50. The fourth-order valence-corrected chi connectivity index (χ4v) is 4.73. The molecule has 5 heteroatoms. The van der Waals surface area contributed by atoms with E-state index in [4.69, 9.17) is 4.98 Å². The zero-order valence-corrected chi connectivity index (χ0v) is 17.2. The molecule has 3 nitrogen and oxygen atoms in total. The second-order valence-corrected chi connectivity index (χ2v) is 8.50. The van der Waals surface area contributed by atoms with Gasteiger partial charge in [0.1, 0.15) is 11.6 Å². The highest BCUT2D eigenvalue weighted by Gasteiger charge is 2.31. The molecule has 2 aromatic carbocycles. The number of halogens is 1. The van der Waals surface area contributed by atoms with Gasteiger partial charge in [-0.15, -0.1) is 0 Å². The molecule has 2 heterocycles. The number of hydrogen-bond acceptors (Lipinski definition) is 3. The highest BCUT2D eigenvalue weighted by Crippen LogP contribution is 2.32. The Hall–Kier alpha value is -2.11. The van der Waals surface area contributed by atoms with Crippen LogP contribution in [0.3, 0.4) is 0 Å². The molecule has 0 bridgehead atoms. The van der Waals surface area contributed by atoms with E-state index in [9.17, 15) is 4.39 Å². The molecule has 146 valence electrons. The molecule has 2 unspecified atom stereocenters. The standard InChI is InChI=1S/C23H26FN3S/c1-3-28-26-22-10-11-27-15-16(2)25-23(27)21(22)13-17-6-4-7-18(12-17)19-8-5-9-20(24)14-19/h4-9,12,14-15,21-22,26H,3,10-11,13H2,1-2H3. The monoisotopic (exact) mass is 395 g/mol. The molecule has 0 radical (unpaired) electrons. The number of nitrogens with one attached hydrogen (secondary N) is 1. The molecule has 28 heavy (non-hydrogen) atoms. The van der Waals surface area contributed by atoms with Crippen LogP contribution in [0.2, 0.25) is 0 Å². The van der Waals surface area contributed by atoms with Crippen molar-refractivity contribution in [1.82, 2.24) is 14.3 Å². The summed E-state index contributed by atoms with van der Waals surface area (Å²) in [5.41, 5.74) is 4.31. The van der Waals surface area contributed by atoms with Crippen molar-refractivity contribution in [3.63, 3.8) is 0 Å². The van der Waals surface area contributed by atoms with Crippen LogP contribution in [0.5, 0.6) is 0 Å². The topological polar surface area (TPSA) is 29.9 Å². The summed E-state index contributed by atoms with van der Waals surface area (Å²) in [5, 5.41) is 0. The normalized spacial score (nSPS) is 18.8. The van der Waals surface area contributed by atoms with E-state index in [1.807, 2.05) is 12.1 Å². The Morgan fingerprint density at radius 3 is 2.75 bits per heavy atom. The van der Waals surface area contributed by atoms with Crippen LogP contribution in [0.4, 0.5) is 4.39 Å². The van der Waals surface area contributed by atoms with Crippen LogP contribution >= 0.6 is 11.9 Å². The number of aryl methyl sites for hydroxylation is 2. The quantitative estimate of drug-likeness (QED) is 0.570. The van der Waals surface area contributed by atoms with Crippen molar-refractivity contribution in [3.8, 4) is 11.1 Å². The van der Waals surface area contributed by atoms with Gasteiger partial charge in [-0.1, -0.05) is 55.3 Å². The summed E-state index contributed by atoms with van der Waals surface area (Å²) in [6, 6.07) is 15.7. The van der Waals surface area contributed by atoms with Gasteiger partial charge in [-0.3, -0.25) is 4.72 Å². The zero-order valence-electron chi connectivity index (χ0n) is 16.4. The first kappa shape index (κ1) is 19.2. The maximum absolute atomic E-state index is 13.6. The van der Waals surface area contributed by atoms with E-state index in [0.717, 1.165) is 42.0 Å². The van der Waals surface area contributed by atoms with Crippen LogP contribution in [0, 0.1) is 12.7 Å². The molecule has 1 aliphatic rings. The number of imidazole rings is 1. The molecule has 0 amide bonds. The Labute approximate surface area is 170 Å². The van der Waals surface area contributed by atoms with Crippen molar-refractivity contribution in [2.45, 2.75) is 45.2 Å². The minimum Gasteiger partial charge on any atom is -0.334 e. The summed E-state index contributed by atoms with van der Waals surface area (Å²) in [6.45, 7) is 5.25. The van der Waals surface area contributed by atoms with Gasteiger partial charge in [-0.2, -0.15) is 0 Å². The third-order valence-electron chi connectivity index (χ3n) is 5.35. The number of fused-ring (bicyclic) bond motifs is 1. The lowest BCUT2D eigenvalue weighted by Crippen LogP contribution is -2.38. The van der Waals surface area contributed by atoms with E-state index in [-0.39, 0.29) is 5.82 Å². The Kier molecular flexibility index (Phi) is 5.83. The van der Waals surface area contributed by atoms with Gasteiger partial charge < -0.3 is 4.57 Å². The van der Waals surface area contributed by atoms with E-state index < -0.39 is 0 Å². The summed E-state index contributed by atoms with van der Waals surface area (Å²) >= 11 is 1.78. The van der Waals surface area contributed by atoms with E-state index in [1.165, 1.54) is 17.5 Å². The average molecular weight is 396 g/mol. The summed E-state index contributed by atoms with van der Waals surface area (Å²) in [5.74, 6) is 2.35. The Morgan fingerprint density at radius 1 is 1.18 bits per heavy atom. The first-order chi connectivity index (χ1) is 13.6. The predicted octanol–water partition coefficient (Wildman–Crippen LogP) is 5.35. The highest BCUT2D eigenvalue weighted by atomic mass is 32.2. The number of rotatable bonds is 6. The van der Waals surface area contributed by atoms with Crippen LogP contribution in [-0.2, 0) is 13.0 Å². The third kappa shape index (κ3) is 4.15. The van der Waals surface area contributed by atoms with Crippen LogP contribution in [-0.4, -0.2) is 21.3 Å². The van der Waals surface area contributed by atoms with Gasteiger partial charge >= 0.3 is 0 Å². The molecule has 1 aromatic heterocycles. The Bertz CT molecular complexity index is 953. The molecular formula is C23H26FN3S. The van der Waals surface area contributed by atoms with Crippen molar-refractivity contribution in [1.29, 1.82) is 0 Å². The fraction of sp³-hybridized carbons (Fsp3) is 0.348. The molecule has 1 N–H and O–H groups in total. The van der Waals surface area contributed by atoms with Crippen LogP contribution in [0.25, 0.3) is 11.1 Å². The van der Waals surface area contributed by atoms with Gasteiger partial charge in [0.25, 0.3) is 0 Å². The van der Waals surface area contributed by atoms with E-state index in [0.29, 0.717) is 12.0 Å². The lowest BCUT2D eigenvalue weighted by molar-refractivity contribution is 0.369. The predicted molar refractivity (Wildman–Crippen MR) is 115 cm³/mol. The largest absolute Gasteiger partial charge is 0.334 e. The number of aromatic nitrogens is 2. The molecule has 3 aromatic rings. The van der Waals surface area contributed by atoms with Crippen molar-refractivity contribution in [3.05, 3.63) is 77.6 Å². The maximum Gasteiger partial charge on any atom is 0.123 e. The first-order valence-electron chi connectivity index (χ1n) is 9.90. The molecular weight excluding hydrogens is 369 g/mol. The van der Waals surface area contributed by atoms with Gasteiger partial charge in [0.05, 0.1) is 5.69 Å². The minimum absolute atomic E-state index is 0.200. The summed E-state index contributed by atoms with van der Waals surface area (Å²) in [6.07, 6.45) is 4.18. The molecule has 2 atom stereocenters. The molecule has 0 saturated heterocycles. The smallest absolute Gasteiger partial charge is 0.123 e. The molecule has 0 spiro atoms. The van der Waals surface area contributed by atoms with Gasteiger partial charge in [0.15, 0.2) is 0 Å². The molecule has 4 rings (SSSR count). The fourth-order valence-electron chi connectivity index (χ4n) is 4.06. The SMILES string of the molecule is CCSNC1CCn2cc(C)nc2C1Cc1cccc(-c2cccc(F)c2)c1. The summed E-state index contributed by atoms with van der Waals surface area (Å²) in [4.78, 5) is 4.84. The number of nitrogens with zero attached hydrogens (tertiary/aromatic N) is 2. The van der Waals surface area contributed by atoms with Gasteiger partial charge in [0, 0.05) is 30.5 Å². The second-order valence-electron chi connectivity index (χ2n) is 7.40. The van der Waals surface area contributed by atoms with Gasteiger partial charge in [-0.05, 0) is 48.6 Å². The lowest BCUT2D eigenvalue weighted by atomic mass is 9.87. The van der Waals surface area contributed by atoms with Gasteiger partial charge in [-0.25, -0.2) is 9.37 Å².